The SMILES string of the molecule is OC[C@H]1OC(Oc2c[nH]c3ccc(Br)cc23)[C@H](O)[C@H]1O. The topological polar surface area (TPSA) is 94.9 Å². The van der Waals surface area contributed by atoms with Gasteiger partial charge in [0.15, 0.2) is 0 Å². The number of nitrogens with one attached hydrogen (secondary N) is 1. The first-order chi connectivity index (χ1) is 9.60. The molecule has 3 rings (SSSR count). The van der Waals surface area contributed by atoms with Gasteiger partial charge in [-0.1, -0.05) is 15.9 Å². The van der Waals surface area contributed by atoms with Crippen molar-refractivity contribution in [2.45, 2.75) is 24.6 Å². The van der Waals surface area contributed by atoms with Crippen molar-refractivity contribution in [1.82, 2.24) is 4.98 Å². The van der Waals surface area contributed by atoms with Crippen LogP contribution in [0.2, 0.25) is 0 Å². The second-order valence-electron chi connectivity index (χ2n) is 4.67. The molecule has 1 aromatic carbocycles. The highest BCUT2D eigenvalue weighted by Crippen LogP contribution is 2.31. The summed E-state index contributed by atoms with van der Waals surface area (Å²) in [6, 6.07) is 5.67. The quantitative estimate of drug-likeness (QED) is 0.659. The van der Waals surface area contributed by atoms with Gasteiger partial charge in [0, 0.05) is 21.6 Å². The third-order valence-electron chi connectivity index (χ3n) is 3.35. The predicted molar refractivity (Wildman–Crippen MR) is 74.4 cm³/mol. The van der Waals surface area contributed by atoms with E-state index in [0.717, 1.165) is 15.4 Å². The van der Waals surface area contributed by atoms with Crippen molar-refractivity contribution in [3.63, 3.8) is 0 Å². The van der Waals surface area contributed by atoms with E-state index in [1.54, 1.807) is 6.20 Å². The van der Waals surface area contributed by atoms with Crippen LogP contribution in [0.25, 0.3) is 10.9 Å². The molecule has 20 heavy (non-hydrogen) atoms. The van der Waals surface area contributed by atoms with E-state index in [1.165, 1.54) is 0 Å². The van der Waals surface area contributed by atoms with E-state index >= 15 is 0 Å². The molecule has 2 aromatic rings. The maximum Gasteiger partial charge on any atom is 0.229 e. The Bertz CT molecular complexity index is 616. The van der Waals surface area contributed by atoms with Gasteiger partial charge in [0.2, 0.25) is 6.29 Å². The first kappa shape index (κ1) is 13.8. The van der Waals surface area contributed by atoms with Crippen LogP contribution in [-0.4, -0.2) is 51.5 Å². The fourth-order valence-electron chi connectivity index (χ4n) is 2.25. The smallest absolute Gasteiger partial charge is 0.229 e. The maximum atomic E-state index is 9.85. The van der Waals surface area contributed by atoms with Gasteiger partial charge in [-0.25, -0.2) is 0 Å². The van der Waals surface area contributed by atoms with E-state index in [9.17, 15) is 10.2 Å². The normalized spacial score (nSPS) is 30.0. The fraction of sp³-hybridized carbons (Fsp3) is 0.385. The average Bonchev–Trinajstić information content (AvgIpc) is 2.95. The molecule has 0 radical (unpaired) electrons. The predicted octanol–water partition coefficient (Wildman–Crippen LogP) is 0.748. The van der Waals surface area contributed by atoms with Gasteiger partial charge >= 0.3 is 0 Å². The fourth-order valence-corrected chi connectivity index (χ4v) is 2.61. The molecule has 1 aliphatic rings. The van der Waals surface area contributed by atoms with Crippen molar-refractivity contribution < 1.29 is 24.8 Å². The standard InChI is InChI=1S/C13H14BrNO5/c14-6-1-2-8-7(3-6)9(4-15-8)19-13-12(18)11(17)10(5-16)20-13/h1-4,10-13,15-18H,5H2/t10-,11+,12-,13?/m1/s1. The molecule has 2 heterocycles. The maximum absolute atomic E-state index is 9.85. The van der Waals surface area contributed by atoms with Crippen LogP contribution in [0, 0.1) is 0 Å². The first-order valence-corrected chi connectivity index (χ1v) is 6.95. The summed E-state index contributed by atoms with van der Waals surface area (Å²) in [5, 5.41) is 29.4. The van der Waals surface area contributed by atoms with Gasteiger partial charge in [-0.3, -0.25) is 0 Å². The number of ether oxygens (including phenoxy) is 2. The van der Waals surface area contributed by atoms with Crippen LogP contribution >= 0.6 is 15.9 Å². The van der Waals surface area contributed by atoms with Crippen molar-refractivity contribution in [1.29, 1.82) is 0 Å². The van der Waals surface area contributed by atoms with Gasteiger partial charge in [0.1, 0.15) is 24.1 Å². The lowest BCUT2D eigenvalue weighted by atomic mass is 10.1. The minimum absolute atomic E-state index is 0.377. The molecule has 4 N–H and O–H groups in total. The molecular formula is C13H14BrNO5. The highest BCUT2D eigenvalue weighted by atomic mass is 79.9. The van der Waals surface area contributed by atoms with Crippen LogP contribution in [0.5, 0.6) is 5.75 Å². The summed E-state index contributed by atoms with van der Waals surface area (Å²) in [4.78, 5) is 3.05. The third-order valence-corrected chi connectivity index (χ3v) is 3.84. The molecule has 108 valence electrons. The number of aliphatic hydroxyl groups is 3. The van der Waals surface area contributed by atoms with E-state index in [0.29, 0.717) is 5.75 Å². The summed E-state index contributed by atoms with van der Waals surface area (Å²) >= 11 is 3.38. The average molecular weight is 344 g/mol. The Morgan fingerprint density at radius 1 is 1.30 bits per heavy atom. The Kier molecular flexibility index (Phi) is 3.70. The van der Waals surface area contributed by atoms with Crippen LogP contribution in [0.4, 0.5) is 0 Å². The molecule has 0 amide bonds. The minimum atomic E-state index is -1.20. The highest BCUT2D eigenvalue weighted by Gasteiger charge is 2.44. The van der Waals surface area contributed by atoms with Gasteiger partial charge in [-0.15, -0.1) is 0 Å². The zero-order valence-corrected chi connectivity index (χ0v) is 11.9. The Balaban J connectivity index is 1.85. The zero-order chi connectivity index (χ0) is 14.3. The van der Waals surface area contributed by atoms with E-state index in [-0.39, 0.29) is 6.61 Å². The summed E-state index contributed by atoms with van der Waals surface area (Å²) < 4.78 is 11.8. The van der Waals surface area contributed by atoms with Crippen LogP contribution < -0.4 is 4.74 Å². The molecule has 4 atom stereocenters. The largest absolute Gasteiger partial charge is 0.460 e. The summed E-state index contributed by atoms with van der Waals surface area (Å²) in [6.07, 6.45) is -2.57. The molecule has 6 nitrogen and oxygen atoms in total. The Morgan fingerprint density at radius 3 is 2.80 bits per heavy atom. The third kappa shape index (κ3) is 2.32. The number of halogens is 1. The van der Waals surface area contributed by atoms with Crippen molar-refractivity contribution in [3.05, 3.63) is 28.9 Å². The van der Waals surface area contributed by atoms with Gasteiger partial charge in [0.25, 0.3) is 0 Å². The summed E-state index contributed by atoms with van der Waals surface area (Å²) in [5.74, 6) is 0.510. The Hall–Kier alpha value is -1.12. The zero-order valence-electron chi connectivity index (χ0n) is 10.4. The number of rotatable bonds is 3. The molecule has 1 unspecified atom stereocenters. The molecule has 1 aliphatic heterocycles. The Morgan fingerprint density at radius 2 is 2.10 bits per heavy atom. The lowest BCUT2D eigenvalue weighted by Gasteiger charge is -2.16. The second-order valence-corrected chi connectivity index (χ2v) is 5.58. The molecule has 7 heteroatoms. The highest BCUT2D eigenvalue weighted by molar-refractivity contribution is 9.10. The monoisotopic (exact) mass is 343 g/mol. The summed E-state index contributed by atoms with van der Waals surface area (Å²) in [5.41, 5.74) is 0.884. The Labute approximate surface area is 123 Å². The van der Waals surface area contributed by atoms with E-state index in [2.05, 4.69) is 20.9 Å². The molecular weight excluding hydrogens is 330 g/mol. The van der Waals surface area contributed by atoms with Crippen molar-refractivity contribution >= 4 is 26.8 Å². The molecule has 0 bridgehead atoms. The van der Waals surface area contributed by atoms with Crippen LogP contribution in [0.1, 0.15) is 0 Å². The van der Waals surface area contributed by atoms with E-state index in [1.807, 2.05) is 18.2 Å². The molecule has 0 spiro atoms. The first-order valence-electron chi connectivity index (χ1n) is 6.16. The van der Waals surface area contributed by atoms with Crippen molar-refractivity contribution in [2.75, 3.05) is 6.61 Å². The van der Waals surface area contributed by atoms with Crippen molar-refractivity contribution in [2.24, 2.45) is 0 Å². The van der Waals surface area contributed by atoms with Crippen LogP contribution in [-0.2, 0) is 4.74 Å². The second kappa shape index (κ2) is 5.34. The summed E-state index contributed by atoms with van der Waals surface area (Å²) in [6.45, 7) is -0.377. The van der Waals surface area contributed by atoms with Crippen LogP contribution in [0.15, 0.2) is 28.9 Å². The lowest BCUT2D eigenvalue weighted by Crippen LogP contribution is -2.35. The van der Waals surface area contributed by atoms with Gasteiger partial charge < -0.3 is 29.8 Å². The number of aromatic nitrogens is 1. The number of benzene rings is 1. The molecule has 0 saturated carbocycles. The molecule has 1 saturated heterocycles. The van der Waals surface area contributed by atoms with Crippen molar-refractivity contribution in [3.8, 4) is 5.75 Å². The van der Waals surface area contributed by atoms with E-state index < -0.39 is 24.6 Å². The minimum Gasteiger partial charge on any atom is -0.460 e. The number of H-pyrrole nitrogens is 1. The van der Waals surface area contributed by atoms with Crippen LogP contribution in [0.3, 0.4) is 0 Å². The molecule has 0 aliphatic carbocycles. The van der Waals surface area contributed by atoms with Gasteiger partial charge in [-0.05, 0) is 18.2 Å². The van der Waals surface area contributed by atoms with E-state index in [4.69, 9.17) is 14.6 Å². The number of hydrogen-bond donors (Lipinski definition) is 4. The number of fused-ring (bicyclic) bond motifs is 1. The molecule has 1 aromatic heterocycles. The number of aliphatic hydroxyl groups excluding tert-OH is 3. The number of hydrogen-bond acceptors (Lipinski definition) is 5. The van der Waals surface area contributed by atoms with Gasteiger partial charge in [-0.2, -0.15) is 0 Å². The molecule has 1 fully saturated rings. The number of aromatic amines is 1. The summed E-state index contributed by atoms with van der Waals surface area (Å²) in [7, 11) is 0. The van der Waals surface area contributed by atoms with Gasteiger partial charge in [0.05, 0.1) is 6.61 Å². The lowest BCUT2D eigenvalue weighted by molar-refractivity contribution is -0.115.